The standard InChI is InChI=1S/C10H7ClF3N3O2S2/c11-8-2-1-7(5-15-8)6-17-3-4-20-9(17)16-21(18,19)10(12,13)14/h1-5H,6H2/b16-9-. The van der Waals surface area contributed by atoms with Gasteiger partial charge in [-0.15, -0.1) is 15.7 Å². The number of hydrogen-bond donors (Lipinski definition) is 0. The van der Waals surface area contributed by atoms with Gasteiger partial charge in [-0.05, 0) is 11.6 Å². The van der Waals surface area contributed by atoms with Crippen LogP contribution in [-0.2, 0) is 16.6 Å². The van der Waals surface area contributed by atoms with E-state index in [9.17, 15) is 21.6 Å². The van der Waals surface area contributed by atoms with E-state index >= 15 is 0 Å². The van der Waals surface area contributed by atoms with Gasteiger partial charge in [0, 0.05) is 17.8 Å². The van der Waals surface area contributed by atoms with E-state index in [-0.39, 0.29) is 16.5 Å². The van der Waals surface area contributed by atoms with E-state index in [1.807, 2.05) is 0 Å². The average Bonchev–Trinajstić information content (AvgIpc) is 2.77. The third kappa shape index (κ3) is 3.83. The summed E-state index contributed by atoms with van der Waals surface area (Å²) < 4.78 is 63.1. The normalized spacial score (nSPS) is 13.6. The minimum Gasteiger partial charge on any atom is -0.319 e. The number of hydrogen-bond acceptors (Lipinski definition) is 4. The molecule has 114 valence electrons. The van der Waals surface area contributed by atoms with Gasteiger partial charge in [0.25, 0.3) is 0 Å². The van der Waals surface area contributed by atoms with E-state index in [0.29, 0.717) is 5.56 Å². The van der Waals surface area contributed by atoms with Crippen LogP contribution in [-0.4, -0.2) is 23.5 Å². The number of aromatic nitrogens is 2. The Morgan fingerprint density at radius 3 is 2.67 bits per heavy atom. The van der Waals surface area contributed by atoms with Gasteiger partial charge in [-0.25, -0.2) is 4.98 Å². The quantitative estimate of drug-likeness (QED) is 0.792. The maximum atomic E-state index is 12.3. The first-order valence-corrected chi connectivity index (χ1v) is 8.00. The lowest BCUT2D eigenvalue weighted by atomic mass is 10.3. The van der Waals surface area contributed by atoms with E-state index in [0.717, 1.165) is 11.3 Å². The molecule has 0 spiro atoms. The molecule has 21 heavy (non-hydrogen) atoms. The number of halogens is 4. The van der Waals surface area contributed by atoms with Gasteiger partial charge < -0.3 is 4.57 Å². The van der Waals surface area contributed by atoms with Crippen molar-refractivity contribution in [2.24, 2.45) is 4.40 Å². The van der Waals surface area contributed by atoms with E-state index in [1.54, 1.807) is 6.07 Å². The fourth-order valence-corrected chi connectivity index (χ4v) is 2.92. The van der Waals surface area contributed by atoms with Crippen molar-refractivity contribution in [3.8, 4) is 0 Å². The number of alkyl halides is 3. The molecule has 0 unspecified atom stereocenters. The predicted molar refractivity (Wildman–Crippen MR) is 71.2 cm³/mol. The summed E-state index contributed by atoms with van der Waals surface area (Å²) in [6.07, 6.45) is 2.87. The van der Waals surface area contributed by atoms with Crippen LogP contribution in [0.15, 0.2) is 34.3 Å². The van der Waals surface area contributed by atoms with E-state index < -0.39 is 15.5 Å². The molecule has 0 fully saturated rings. The Hall–Kier alpha value is -1.39. The van der Waals surface area contributed by atoms with Gasteiger partial charge in [-0.2, -0.15) is 21.6 Å². The molecule has 0 aliphatic rings. The van der Waals surface area contributed by atoms with Crippen molar-refractivity contribution in [2.45, 2.75) is 12.1 Å². The molecule has 0 N–H and O–H groups in total. The third-order valence-electron chi connectivity index (χ3n) is 2.29. The molecule has 0 radical (unpaired) electrons. The molecule has 2 aromatic rings. The monoisotopic (exact) mass is 357 g/mol. The Morgan fingerprint density at radius 1 is 1.38 bits per heavy atom. The summed E-state index contributed by atoms with van der Waals surface area (Å²) >= 11 is 6.41. The molecule has 2 rings (SSSR count). The molecule has 0 aromatic carbocycles. The van der Waals surface area contributed by atoms with Crippen molar-refractivity contribution in [1.82, 2.24) is 9.55 Å². The van der Waals surface area contributed by atoms with Crippen LogP contribution >= 0.6 is 22.9 Å². The van der Waals surface area contributed by atoms with Crippen LogP contribution in [0.4, 0.5) is 13.2 Å². The highest BCUT2D eigenvalue weighted by Gasteiger charge is 2.46. The van der Waals surface area contributed by atoms with Gasteiger partial charge in [0.15, 0.2) is 0 Å². The smallest absolute Gasteiger partial charge is 0.319 e. The molecular weight excluding hydrogens is 351 g/mol. The van der Waals surface area contributed by atoms with Gasteiger partial charge in [0.1, 0.15) is 5.15 Å². The zero-order chi connectivity index (χ0) is 15.7. The van der Waals surface area contributed by atoms with Gasteiger partial charge >= 0.3 is 15.5 Å². The highest BCUT2D eigenvalue weighted by molar-refractivity contribution is 7.90. The van der Waals surface area contributed by atoms with Crippen LogP contribution in [0.25, 0.3) is 0 Å². The topological polar surface area (TPSA) is 64.3 Å². The summed E-state index contributed by atoms with van der Waals surface area (Å²) in [6, 6.07) is 3.15. The molecule has 0 saturated heterocycles. The summed E-state index contributed by atoms with van der Waals surface area (Å²) in [5, 5.41) is 1.72. The molecule has 2 aromatic heterocycles. The van der Waals surface area contributed by atoms with Crippen LogP contribution in [0.3, 0.4) is 0 Å². The van der Waals surface area contributed by atoms with E-state index in [1.165, 1.54) is 28.4 Å². The number of sulfonamides is 1. The van der Waals surface area contributed by atoms with Crippen LogP contribution in [0.1, 0.15) is 5.56 Å². The second-order valence-electron chi connectivity index (χ2n) is 3.81. The highest BCUT2D eigenvalue weighted by Crippen LogP contribution is 2.24. The molecule has 0 amide bonds. The first kappa shape index (κ1) is 16.0. The second-order valence-corrected chi connectivity index (χ2v) is 6.67. The molecule has 0 aliphatic heterocycles. The highest BCUT2D eigenvalue weighted by atomic mass is 35.5. The van der Waals surface area contributed by atoms with Crippen molar-refractivity contribution in [3.63, 3.8) is 0 Å². The van der Waals surface area contributed by atoms with Crippen LogP contribution in [0.5, 0.6) is 0 Å². The summed E-state index contributed by atoms with van der Waals surface area (Å²) in [7, 11) is -5.56. The van der Waals surface area contributed by atoms with Crippen molar-refractivity contribution in [1.29, 1.82) is 0 Å². The SMILES string of the molecule is O=S(=O)(/N=c1\sccn1Cc1ccc(Cl)nc1)C(F)(F)F. The first-order valence-electron chi connectivity index (χ1n) is 5.31. The fraction of sp³-hybridized carbons (Fsp3) is 0.200. The van der Waals surface area contributed by atoms with Gasteiger partial charge in [-0.3, -0.25) is 0 Å². The largest absolute Gasteiger partial charge is 0.518 e. The molecule has 11 heteroatoms. The zero-order valence-electron chi connectivity index (χ0n) is 10.1. The van der Waals surface area contributed by atoms with Gasteiger partial charge in [0.2, 0.25) is 4.80 Å². The van der Waals surface area contributed by atoms with Crippen LogP contribution in [0, 0.1) is 0 Å². The molecule has 0 atom stereocenters. The zero-order valence-corrected chi connectivity index (χ0v) is 12.5. The van der Waals surface area contributed by atoms with E-state index in [4.69, 9.17) is 11.6 Å². The minimum absolute atomic E-state index is 0.125. The number of nitrogens with zero attached hydrogens (tertiary/aromatic N) is 3. The fourth-order valence-electron chi connectivity index (χ4n) is 1.34. The Labute approximate surface area is 126 Å². The predicted octanol–water partition coefficient (Wildman–Crippen LogP) is 2.40. The maximum absolute atomic E-state index is 12.3. The van der Waals surface area contributed by atoms with Crippen molar-refractivity contribution in [3.05, 3.63) is 45.4 Å². The van der Waals surface area contributed by atoms with Crippen molar-refractivity contribution < 1.29 is 21.6 Å². The minimum atomic E-state index is -5.56. The summed E-state index contributed by atoms with van der Waals surface area (Å²) in [4.78, 5) is 3.55. The molecular formula is C10H7ClF3N3O2S2. The number of thiazole rings is 1. The summed E-state index contributed by atoms with van der Waals surface area (Å²) in [5.74, 6) is 0. The molecule has 5 nitrogen and oxygen atoms in total. The summed E-state index contributed by atoms with van der Waals surface area (Å²) in [5.41, 5.74) is -4.78. The molecule has 0 saturated carbocycles. The number of rotatable bonds is 3. The lowest BCUT2D eigenvalue weighted by Gasteiger charge is -2.04. The Kier molecular flexibility index (Phi) is 4.40. The van der Waals surface area contributed by atoms with Crippen molar-refractivity contribution >= 4 is 33.0 Å². The van der Waals surface area contributed by atoms with Gasteiger partial charge in [-0.1, -0.05) is 17.7 Å². The van der Waals surface area contributed by atoms with Gasteiger partial charge in [0.05, 0.1) is 6.54 Å². The Morgan fingerprint density at radius 2 is 2.10 bits per heavy atom. The number of pyridine rings is 1. The van der Waals surface area contributed by atoms with Crippen LogP contribution in [0.2, 0.25) is 5.15 Å². The second kappa shape index (κ2) is 5.78. The molecule has 0 aliphatic carbocycles. The Balaban J connectivity index is 2.38. The molecule has 2 heterocycles. The lowest BCUT2D eigenvalue weighted by Crippen LogP contribution is -2.25. The maximum Gasteiger partial charge on any atom is 0.518 e. The Bertz CT molecular complexity index is 794. The lowest BCUT2D eigenvalue weighted by molar-refractivity contribution is -0.0436. The van der Waals surface area contributed by atoms with E-state index in [2.05, 4.69) is 9.38 Å². The summed E-state index contributed by atoms with van der Waals surface area (Å²) in [6.45, 7) is 0.125. The third-order valence-corrected chi connectivity index (χ3v) is 4.42. The first-order chi connectivity index (χ1) is 9.69. The average molecular weight is 358 g/mol. The molecule has 0 bridgehead atoms. The van der Waals surface area contributed by atoms with Crippen LogP contribution < -0.4 is 4.80 Å². The van der Waals surface area contributed by atoms with Crippen molar-refractivity contribution in [2.75, 3.05) is 0 Å².